The summed E-state index contributed by atoms with van der Waals surface area (Å²) in [4.78, 5) is 0. The topological polar surface area (TPSA) is 0 Å². The third-order valence-corrected chi connectivity index (χ3v) is 5.69. The van der Waals surface area contributed by atoms with Gasteiger partial charge in [0.1, 0.15) is 0 Å². The minimum Gasteiger partial charge on any atom is -0.0654 e. The minimum atomic E-state index is 0.435. The SMILES string of the molecule is CCCCCCCCCCCCCCC(C)(C)C(C)(C)C. The molecule has 0 aliphatic rings. The second-order valence-corrected chi connectivity index (χ2v) is 8.77. The molecule has 0 unspecified atom stereocenters. The predicted octanol–water partition coefficient (Wildman–Crippen LogP) is 8.15. The largest absolute Gasteiger partial charge is 0.0654 e. The molecule has 0 heterocycles. The first-order chi connectivity index (χ1) is 9.81. The monoisotopic (exact) mass is 296 g/mol. The van der Waals surface area contributed by atoms with E-state index in [1.807, 2.05) is 0 Å². The van der Waals surface area contributed by atoms with Crippen LogP contribution < -0.4 is 0 Å². The van der Waals surface area contributed by atoms with Crippen molar-refractivity contribution in [3.8, 4) is 0 Å². The number of rotatable bonds is 13. The molecule has 0 radical (unpaired) electrons. The molecule has 0 bridgehead atoms. The Labute approximate surface area is 136 Å². The molecule has 0 nitrogen and oxygen atoms in total. The highest BCUT2D eigenvalue weighted by Gasteiger charge is 2.31. The maximum atomic E-state index is 2.44. The molecule has 21 heavy (non-hydrogen) atoms. The lowest BCUT2D eigenvalue weighted by atomic mass is 9.67. The van der Waals surface area contributed by atoms with Crippen LogP contribution in [0.3, 0.4) is 0 Å². The maximum absolute atomic E-state index is 2.44. The van der Waals surface area contributed by atoms with Gasteiger partial charge in [0.2, 0.25) is 0 Å². The fourth-order valence-electron chi connectivity index (χ4n) is 2.78. The second-order valence-electron chi connectivity index (χ2n) is 8.77. The molecule has 0 spiro atoms. The molecule has 0 saturated carbocycles. The number of hydrogen-bond acceptors (Lipinski definition) is 0. The van der Waals surface area contributed by atoms with Crippen molar-refractivity contribution in [1.29, 1.82) is 0 Å². The molecule has 0 saturated heterocycles. The average molecular weight is 297 g/mol. The summed E-state index contributed by atoms with van der Waals surface area (Å²) < 4.78 is 0. The summed E-state index contributed by atoms with van der Waals surface area (Å²) >= 11 is 0. The number of hydrogen-bond donors (Lipinski definition) is 0. The fourth-order valence-corrected chi connectivity index (χ4v) is 2.78. The van der Waals surface area contributed by atoms with Crippen LogP contribution in [0.5, 0.6) is 0 Å². The highest BCUT2D eigenvalue weighted by atomic mass is 14.4. The van der Waals surface area contributed by atoms with Crippen LogP contribution in [0.1, 0.15) is 125 Å². The van der Waals surface area contributed by atoms with Crippen molar-refractivity contribution in [2.45, 2.75) is 125 Å². The number of unbranched alkanes of at least 4 members (excludes halogenated alkanes) is 11. The molecule has 0 atom stereocenters. The van der Waals surface area contributed by atoms with Gasteiger partial charge in [-0.25, -0.2) is 0 Å². The van der Waals surface area contributed by atoms with E-state index in [9.17, 15) is 0 Å². The van der Waals surface area contributed by atoms with Gasteiger partial charge < -0.3 is 0 Å². The zero-order valence-corrected chi connectivity index (χ0v) is 16.2. The van der Waals surface area contributed by atoms with Gasteiger partial charge in [0, 0.05) is 0 Å². The second kappa shape index (κ2) is 11.6. The van der Waals surface area contributed by atoms with Crippen LogP contribution in [0.15, 0.2) is 0 Å². The van der Waals surface area contributed by atoms with Gasteiger partial charge in [0.15, 0.2) is 0 Å². The molecule has 128 valence electrons. The normalized spacial score (nSPS) is 12.9. The standard InChI is InChI=1S/C21H44/c1-7-8-9-10-11-12-13-14-15-16-17-18-19-21(5,6)20(2,3)4/h7-19H2,1-6H3. The van der Waals surface area contributed by atoms with Crippen molar-refractivity contribution >= 4 is 0 Å². The van der Waals surface area contributed by atoms with E-state index in [4.69, 9.17) is 0 Å². The predicted molar refractivity (Wildman–Crippen MR) is 98.9 cm³/mol. The summed E-state index contributed by atoms with van der Waals surface area (Å²) in [6.07, 6.45) is 18.8. The van der Waals surface area contributed by atoms with Crippen molar-refractivity contribution in [2.75, 3.05) is 0 Å². The Kier molecular flexibility index (Phi) is 11.6. The smallest absolute Gasteiger partial charge is 0.0306 e. The van der Waals surface area contributed by atoms with E-state index in [0.29, 0.717) is 10.8 Å². The zero-order valence-electron chi connectivity index (χ0n) is 16.2. The summed E-state index contributed by atoms with van der Waals surface area (Å²) in [5.74, 6) is 0. The molecule has 0 N–H and O–H groups in total. The first kappa shape index (κ1) is 21.0. The Morgan fingerprint density at radius 1 is 0.476 bits per heavy atom. The van der Waals surface area contributed by atoms with Crippen LogP contribution in [-0.4, -0.2) is 0 Å². The van der Waals surface area contributed by atoms with Gasteiger partial charge in [0.05, 0.1) is 0 Å². The molecule has 0 amide bonds. The average Bonchev–Trinajstić information content (AvgIpc) is 2.38. The lowest BCUT2D eigenvalue weighted by Gasteiger charge is -2.39. The minimum absolute atomic E-state index is 0.435. The van der Waals surface area contributed by atoms with Crippen LogP contribution in [0.4, 0.5) is 0 Å². The molecule has 0 aliphatic carbocycles. The summed E-state index contributed by atoms with van der Waals surface area (Å²) in [6.45, 7) is 14.3. The Balaban J connectivity index is 3.30. The molecule has 0 aromatic heterocycles. The van der Waals surface area contributed by atoms with Crippen molar-refractivity contribution in [3.05, 3.63) is 0 Å². The Morgan fingerprint density at radius 2 is 0.810 bits per heavy atom. The van der Waals surface area contributed by atoms with Crippen LogP contribution in [0.25, 0.3) is 0 Å². The van der Waals surface area contributed by atoms with Crippen molar-refractivity contribution in [2.24, 2.45) is 10.8 Å². The fraction of sp³-hybridized carbons (Fsp3) is 1.00. The molecule has 0 aliphatic heterocycles. The van der Waals surface area contributed by atoms with Crippen LogP contribution in [-0.2, 0) is 0 Å². The van der Waals surface area contributed by atoms with Gasteiger partial charge in [-0.05, 0) is 17.3 Å². The van der Waals surface area contributed by atoms with Gasteiger partial charge in [-0.2, -0.15) is 0 Å². The van der Waals surface area contributed by atoms with E-state index in [1.165, 1.54) is 83.5 Å². The van der Waals surface area contributed by atoms with Gasteiger partial charge in [0.25, 0.3) is 0 Å². The van der Waals surface area contributed by atoms with E-state index in [0.717, 1.165) is 0 Å². The van der Waals surface area contributed by atoms with Gasteiger partial charge in [-0.3, -0.25) is 0 Å². The molecule has 0 heteroatoms. The van der Waals surface area contributed by atoms with E-state index in [2.05, 4.69) is 41.5 Å². The van der Waals surface area contributed by atoms with E-state index < -0.39 is 0 Å². The molecule has 0 aromatic rings. The Hall–Kier alpha value is 0. The summed E-state index contributed by atoms with van der Waals surface area (Å²) in [7, 11) is 0. The lowest BCUT2D eigenvalue weighted by molar-refractivity contribution is 0.115. The quantitative estimate of drug-likeness (QED) is 0.301. The van der Waals surface area contributed by atoms with E-state index in [1.54, 1.807) is 0 Å². The Bertz CT molecular complexity index is 219. The van der Waals surface area contributed by atoms with Crippen LogP contribution in [0.2, 0.25) is 0 Å². The van der Waals surface area contributed by atoms with Crippen molar-refractivity contribution < 1.29 is 0 Å². The van der Waals surface area contributed by atoms with E-state index in [-0.39, 0.29) is 0 Å². The summed E-state index contributed by atoms with van der Waals surface area (Å²) in [5.41, 5.74) is 0.913. The first-order valence-corrected chi connectivity index (χ1v) is 9.81. The van der Waals surface area contributed by atoms with Crippen molar-refractivity contribution in [3.63, 3.8) is 0 Å². The molecule has 0 aromatic carbocycles. The van der Waals surface area contributed by atoms with Gasteiger partial charge >= 0.3 is 0 Å². The molecule has 0 rings (SSSR count). The molecular formula is C21H44. The van der Waals surface area contributed by atoms with Crippen LogP contribution >= 0.6 is 0 Å². The highest BCUT2D eigenvalue weighted by molar-refractivity contribution is 4.82. The highest BCUT2D eigenvalue weighted by Crippen LogP contribution is 2.41. The third kappa shape index (κ3) is 11.2. The molecular weight excluding hydrogens is 252 g/mol. The Morgan fingerprint density at radius 3 is 1.14 bits per heavy atom. The maximum Gasteiger partial charge on any atom is -0.0306 e. The van der Waals surface area contributed by atoms with Gasteiger partial charge in [-0.15, -0.1) is 0 Å². The molecule has 0 fully saturated rings. The van der Waals surface area contributed by atoms with Gasteiger partial charge in [-0.1, -0.05) is 119 Å². The lowest BCUT2D eigenvalue weighted by Crippen LogP contribution is -2.29. The zero-order chi connectivity index (χ0) is 16.2. The summed E-state index contributed by atoms with van der Waals surface area (Å²) in [5, 5.41) is 0. The van der Waals surface area contributed by atoms with E-state index >= 15 is 0 Å². The van der Waals surface area contributed by atoms with Crippen LogP contribution in [0, 0.1) is 10.8 Å². The first-order valence-electron chi connectivity index (χ1n) is 9.81. The summed E-state index contributed by atoms with van der Waals surface area (Å²) in [6, 6.07) is 0. The third-order valence-electron chi connectivity index (χ3n) is 5.69. The van der Waals surface area contributed by atoms with Crippen molar-refractivity contribution in [1.82, 2.24) is 0 Å².